The fourth-order valence-corrected chi connectivity index (χ4v) is 4.83. The number of nitrogens with zero attached hydrogens (tertiary/aromatic N) is 4. The number of halogens is 3. The number of imidazole rings is 1. The van der Waals surface area contributed by atoms with E-state index in [1.165, 1.54) is 6.20 Å². The van der Waals surface area contributed by atoms with Crippen molar-refractivity contribution < 1.29 is 18.7 Å². The summed E-state index contributed by atoms with van der Waals surface area (Å²) in [5.74, 6) is -1.41. The van der Waals surface area contributed by atoms with E-state index in [-0.39, 0.29) is 29.0 Å². The Kier molecular flexibility index (Phi) is 4.92. The maximum Gasteiger partial charge on any atom is 0.231 e. The van der Waals surface area contributed by atoms with Gasteiger partial charge in [-0.15, -0.1) is 0 Å². The zero-order valence-corrected chi connectivity index (χ0v) is 18.5. The molecule has 0 radical (unpaired) electrons. The number of carbonyl (C=O) groups is 1. The van der Waals surface area contributed by atoms with Crippen LogP contribution in [0.3, 0.4) is 0 Å². The summed E-state index contributed by atoms with van der Waals surface area (Å²) in [5, 5.41) is 23.0. The molecule has 3 heterocycles. The van der Waals surface area contributed by atoms with E-state index >= 15 is 4.39 Å². The van der Waals surface area contributed by atoms with E-state index in [1.54, 1.807) is 23.0 Å². The number of hydrogen-bond donors (Lipinski definition) is 4. The monoisotopic (exact) mass is 487 g/mol. The fourth-order valence-electron chi connectivity index (χ4n) is 4.54. The third-order valence-electron chi connectivity index (χ3n) is 6.44. The Morgan fingerprint density at radius 1 is 1.26 bits per heavy atom. The molecule has 2 saturated carbocycles. The molecule has 12 heteroatoms. The van der Waals surface area contributed by atoms with E-state index < -0.39 is 29.9 Å². The fraction of sp³-hybridized carbons (Fsp3) is 0.364. The van der Waals surface area contributed by atoms with Crippen molar-refractivity contribution in [2.75, 3.05) is 10.6 Å². The molecule has 0 bridgehead atoms. The van der Waals surface area contributed by atoms with E-state index in [0.29, 0.717) is 40.6 Å². The van der Waals surface area contributed by atoms with Gasteiger partial charge in [0.15, 0.2) is 17.3 Å². The molecule has 1 amide bonds. The Labute approximate surface area is 196 Å². The molecule has 2 aliphatic carbocycles. The summed E-state index contributed by atoms with van der Waals surface area (Å²) in [6, 6.07) is -0.0738. The van der Waals surface area contributed by atoms with Gasteiger partial charge in [0, 0.05) is 23.2 Å². The molecule has 0 saturated heterocycles. The van der Waals surface area contributed by atoms with Gasteiger partial charge in [-0.25, -0.2) is 13.8 Å². The molecule has 9 nitrogen and oxygen atoms in total. The summed E-state index contributed by atoms with van der Waals surface area (Å²) in [5.41, 5.74) is 1.85. The molecule has 4 N–H and O–H groups in total. The first-order valence-electron chi connectivity index (χ1n) is 11.0. The molecule has 2 aliphatic rings. The number of nitrogens with one attached hydrogen (secondary N) is 3. The molecule has 34 heavy (non-hydrogen) atoms. The first-order chi connectivity index (χ1) is 16.4. The summed E-state index contributed by atoms with van der Waals surface area (Å²) in [4.78, 5) is 20.7. The summed E-state index contributed by atoms with van der Waals surface area (Å²) in [6.45, 7) is 0. The lowest BCUT2D eigenvalue weighted by Gasteiger charge is -2.17. The molecule has 3 aromatic heterocycles. The third-order valence-corrected chi connectivity index (χ3v) is 6.80. The van der Waals surface area contributed by atoms with Crippen LogP contribution in [0.15, 0.2) is 24.8 Å². The van der Waals surface area contributed by atoms with Gasteiger partial charge in [0.2, 0.25) is 5.91 Å². The van der Waals surface area contributed by atoms with Gasteiger partial charge in [0.1, 0.15) is 6.17 Å². The highest BCUT2D eigenvalue weighted by Crippen LogP contribution is 2.41. The summed E-state index contributed by atoms with van der Waals surface area (Å²) in [6.07, 6.45) is 6.86. The largest absolute Gasteiger partial charge is 0.393 e. The van der Waals surface area contributed by atoms with Crippen molar-refractivity contribution in [1.29, 1.82) is 0 Å². The predicted octanol–water partition coefficient (Wildman–Crippen LogP) is 3.69. The van der Waals surface area contributed by atoms with Gasteiger partial charge in [0.05, 0.1) is 52.5 Å². The van der Waals surface area contributed by atoms with Crippen molar-refractivity contribution in [2.45, 2.75) is 44.0 Å². The minimum absolute atomic E-state index is 0.0738. The molecule has 0 unspecified atom stereocenters. The Morgan fingerprint density at radius 2 is 2.09 bits per heavy atom. The number of benzene rings is 1. The number of aliphatic hydroxyl groups excluding tert-OH is 1. The molecule has 2 fully saturated rings. The van der Waals surface area contributed by atoms with Crippen LogP contribution in [0.1, 0.15) is 25.7 Å². The SMILES string of the molecule is O=C(Nc1cn2cc(-c3c(Cl)c(F)c(N[C@H]4CC[C@H](O)C4)c4[nH]ncc34)ncc2n1)[C@@H]1C[C@@H]1F. The number of alkyl halides is 1. The maximum atomic E-state index is 15.5. The number of fused-ring (bicyclic) bond motifs is 2. The Bertz CT molecular complexity index is 1440. The zero-order valence-electron chi connectivity index (χ0n) is 17.7. The van der Waals surface area contributed by atoms with Crippen LogP contribution in [0.2, 0.25) is 5.02 Å². The molecule has 4 atom stereocenters. The highest BCUT2D eigenvalue weighted by molar-refractivity contribution is 6.35. The number of H-pyrrole nitrogens is 1. The zero-order chi connectivity index (χ0) is 23.6. The molecule has 0 aliphatic heterocycles. The van der Waals surface area contributed by atoms with Gasteiger partial charge in [-0.1, -0.05) is 11.6 Å². The topological polar surface area (TPSA) is 120 Å². The lowest BCUT2D eigenvalue weighted by molar-refractivity contribution is -0.117. The van der Waals surface area contributed by atoms with Gasteiger partial charge < -0.3 is 20.1 Å². The van der Waals surface area contributed by atoms with E-state index in [1.807, 2.05) is 0 Å². The molecule has 0 spiro atoms. The normalized spacial score (nSPS) is 24.1. The highest BCUT2D eigenvalue weighted by atomic mass is 35.5. The number of aliphatic hydroxyl groups is 1. The van der Waals surface area contributed by atoms with Crippen molar-refractivity contribution >= 4 is 45.6 Å². The Hall–Kier alpha value is -3.31. The average Bonchev–Trinajstić information content (AvgIpc) is 3.17. The molecule has 1 aromatic carbocycles. The molecule has 6 rings (SSSR count). The number of aromatic amines is 1. The minimum atomic E-state index is -1.10. The van der Waals surface area contributed by atoms with Gasteiger partial charge in [-0.2, -0.15) is 5.10 Å². The van der Waals surface area contributed by atoms with E-state index in [2.05, 4.69) is 30.8 Å². The first kappa shape index (κ1) is 21.2. The standard InChI is InChI=1S/C22H20ClF2N7O2/c23-18-17(12-5-27-31-20(12)21(19(18)25)28-9-1-2-10(33)3-9)14-7-32-8-15(29-16(32)6-26-14)30-22(34)11-4-13(11)24/h5-11,13,28,33H,1-4H2,(H,27,31)(H,30,34)/t9-,10-,11+,13-/m0/s1. The minimum Gasteiger partial charge on any atom is -0.393 e. The van der Waals surface area contributed by atoms with Crippen LogP contribution >= 0.6 is 11.6 Å². The van der Waals surface area contributed by atoms with Crippen LogP contribution in [0.4, 0.5) is 20.3 Å². The van der Waals surface area contributed by atoms with E-state index in [0.717, 1.165) is 6.42 Å². The predicted molar refractivity (Wildman–Crippen MR) is 122 cm³/mol. The smallest absolute Gasteiger partial charge is 0.231 e. The molecular weight excluding hydrogens is 468 g/mol. The summed E-state index contributed by atoms with van der Waals surface area (Å²) < 4.78 is 30.2. The van der Waals surface area contributed by atoms with Crippen molar-refractivity contribution in [3.8, 4) is 11.3 Å². The summed E-state index contributed by atoms with van der Waals surface area (Å²) >= 11 is 6.50. The van der Waals surface area contributed by atoms with Crippen LogP contribution in [0, 0.1) is 11.7 Å². The van der Waals surface area contributed by atoms with Gasteiger partial charge in [0.25, 0.3) is 0 Å². The van der Waals surface area contributed by atoms with Crippen molar-refractivity contribution in [3.63, 3.8) is 0 Å². The Morgan fingerprint density at radius 3 is 2.82 bits per heavy atom. The van der Waals surface area contributed by atoms with Crippen molar-refractivity contribution in [3.05, 3.63) is 35.6 Å². The second-order valence-corrected chi connectivity index (χ2v) is 9.23. The summed E-state index contributed by atoms with van der Waals surface area (Å²) in [7, 11) is 0. The second-order valence-electron chi connectivity index (χ2n) is 8.86. The van der Waals surface area contributed by atoms with Gasteiger partial charge in [-0.3, -0.25) is 14.9 Å². The maximum absolute atomic E-state index is 15.5. The number of rotatable bonds is 5. The second kappa shape index (κ2) is 7.88. The van der Waals surface area contributed by atoms with Crippen LogP contribution in [0.5, 0.6) is 0 Å². The van der Waals surface area contributed by atoms with E-state index in [9.17, 15) is 14.3 Å². The van der Waals surface area contributed by atoms with Gasteiger partial charge in [-0.05, 0) is 25.7 Å². The number of aromatic nitrogens is 5. The van der Waals surface area contributed by atoms with Crippen LogP contribution in [-0.2, 0) is 4.79 Å². The average molecular weight is 488 g/mol. The van der Waals surface area contributed by atoms with Crippen LogP contribution < -0.4 is 10.6 Å². The molecule has 4 aromatic rings. The van der Waals surface area contributed by atoms with E-state index in [4.69, 9.17) is 11.6 Å². The highest BCUT2D eigenvalue weighted by Gasteiger charge is 2.43. The van der Waals surface area contributed by atoms with Crippen LogP contribution in [0.25, 0.3) is 27.8 Å². The number of amides is 1. The van der Waals surface area contributed by atoms with Crippen LogP contribution in [-0.4, -0.2) is 53.9 Å². The molecular formula is C22H20ClF2N7O2. The number of hydrogen-bond acceptors (Lipinski definition) is 6. The quantitative estimate of drug-likeness (QED) is 0.341. The first-order valence-corrected chi connectivity index (χ1v) is 11.4. The molecule has 176 valence electrons. The number of anilines is 2. The van der Waals surface area contributed by atoms with Crippen molar-refractivity contribution in [1.82, 2.24) is 24.6 Å². The third kappa shape index (κ3) is 3.55. The Balaban J connectivity index is 1.37. The van der Waals surface area contributed by atoms with Gasteiger partial charge >= 0.3 is 0 Å². The number of carbonyl (C=O) groups excluding carboxylic acids is 1. The van der Waals surface area contributed by atoms with Crippen molar-refractivity contribution in [2.24, 2.45) is 5.92 Å². The lowest BCUT2D eigenvalue weighted by atomic mass is 10.0. The lowest BCUT2D eigenvalue weighted by Crippen LogP contribution is -2.18.